The number of hydrogen-bond acceptors (Lipinski definition) is 6. The first kappa shape index (κ1) is 27.1. The molecule has 8 nitrogen and oxygen atoms in total. The van der Waals surface area contributed by atoms with Crippen LogP contribution >= 0.6 is 0 Å². The van der Waals surface area contributed by atoms with E-state index in [9.17, 15) is 14.4 Å². The molecule has 0 aliphatic heterocycles. The summed E-state index contributed by atoms with van der Waals surface area (Å²) in [6.07, 6.45) is 2.31. The zero-order valence-corrected chi connectivity index (χ0v) is 21.8. The predicted octanol–water partition coefficient (Wildman–Crippen LogP) is 5.04. The van der Waals surface area contributed by atoms with E-state index < -0.39 is 17.8 Å². The van der Waals surface area contributed by atoms with Crippen molar-refractivity contribution in [2.75, 3.05) is 13.2 Å². The van der Waals surface area contributed by atoms with Gasteiger partial charge in [0.05, 0.1) is 24.9 Å². The van der Waals surface area contributed by atoms with Crippen LogP contribution in [0.25, 0.3) is 10.8 Å². The summed E-state index contributed by atoms with van der Waals surface area (Å²) in [5, 5.41) is 8.33. The number of carbonyl (C=O) groups is 3. The van der Waals surface area contributed by atoms with Crippen molar-refractivity contribution in [2.24, 2.45) is 5.10 Å². The summed E-state index contributed by atoms with van der Waals surface area (Å²) >= 11 is 0. The summed E-state index contributed by atoms with van der Waals surface area (Å²) in [6, 6.07) is 24.9. The van der Waals surface area contributed by atoms with Gasteiger partial charge < -0.3 is 14.8 Å². The highest BCUT2D eigenvalue weighted by Gasteiger charge is 2.14. The summed E-state index contributed by atoms with van der Waals surface area (Å²) in [4.78, 5) is 37.5. The highest BCUT2D eigenvalue weighted by Crippen LogP contribution is 2.27. The second kappa shape index (κ2) is 13.0. The van der Waals surface area contributed by atoms with E-state index in [1.807, 2.05) is 56.3 Å². The molecule has 0 bridgehead atoms. The number of amides is 2. The summed E-state index contributed by atoms with van der Waals surface area (Å²) in [7, 11) is 0. The molecule has 0 spiro atoms. The minimum atomic E-state index is -0.513. The van der Waals surface area contributed by atoms with Gasteiger partial charge in [0.1, 0.15) is 11.5 Å². The van der Waals surface area contributed by atoms with Crippen molar-refractivity contribution >= 4 is 34.8 Å². The third-order valence-electron chi connectivity index (χ3n) is 5.80. The van der Waals surface area contributed by atoms with Crippen LogP contribution in [0.2, 0.25) is 0 Å². The number of aryl methyl sites for hydroxylation is 1. The normalized spacial score (nSPS) is 10.8. The van der Waals surface area contributed by atoms with Gasteiger partial charge in [-0.1, -0.05) is 55.0 Å². The number of hydrazone groups is 1. The first-order valence-electron chi connectivity index (χ1n) is 12.6. The van der Waals surface area contributed by atoms with E-state index in [0.717, 1.165) is 22.8 Å². The van der Waals surface area contributed by atoms with Crippen molar-refractivity contribution in [1.29, 1.82) is 0 Å². The standard InChI is InChI=1S/C31H29N3O5/c1-3-18-38-25-15-12-23(13-16-25)30(36)32-20-29(35)34-33-19-27-26-7-5-4-6-22(26)14-17-28(27)39-31(37)24-10-8-21(2)9-11-24/h4-17,19H,3,18,20H2,1-2H3,(H,32,36)(H,34,35). The number of esters is 1. The second-order valence-electron chi connectivity index (χ2n) is 8.80. The smallest absolute Gasteiger partial charge is 0.343 e. The molecule has 4 aromatic carbocycles. The van der Waals surface area contributed by atoms with Gasteiger partial charge in [0.25, 0.3) is 11.8 Å². The van der Waals surface area contributed by atoms with Crippen LogP contribution < -0.4 is 20.2 Å². The maximum absolute atomic E-state index is 12.7. The molecule has 0 saturated heterocycles. The monoisotopic (exact) mass is 523 g/mol. The van der Waals surface area contributed by atoms with Gasteiger partial charge in [-0.2, -0.15) is 5.10 Å². The zero-order valence-electron chi connectivity index (χ0n) is 21.8. The fraction of sp³-hybridized carbons (Fsp3) is 0.161. The average Bonchev–Trinajstić information content (AvgIpc) is 2.96. The maximum atomic E-state index is 12.7. The van der Waals surface area contributed by atoms with Crippen LogP contribution in [0.4, 0.5) is 0 Å². The van der Waals surface area contributed by atoms with Gasteiger partial charge in [0, 0.05) is 11.1 Å². The minimum absolute atomic E-state index is 0.269. The summed E-state index contributed by atoms with van der Waals surface area (Å²) < 4.78 is 11.2. The molecule has 0 unspecified atom stereocenters. The number of fused-ring (bicyclic) bond motifs is 1. The first-order valence-corrected chi connectivity index (χ1v) is 12.6. The van der Waals surface area contributed by atoms with E-state index in [-0.39, 0.29) is 6.54 Å². The van der Waals surface area contributed by atoms with E-state index in [1.165, 1.54) is 6.21 Å². The lowest BCUT2D eigenvalue weighted by atomic mass is 10.0. The Morgan fingerprint density at radius 2 is 1.59 bits per heavy atom. The molecule has 0 radical (unpaired) electrons. The topological polar surface area (TPSA) is 106 Å². The number of carbonyl (C=O) groups excluding carboxylic acids is 3. The summed E-state index contributed by atoms with van der Waals surface area (Å²) in [6.45, 7) is 4.28. The highest BCUT2D eigenvalue weighted by atomic mass is 16.5. The molecule has 0 saturated carbocycles. The van der Waals surface area contributed by atoms with Gasteiger partial charge in [-0.15, -0.1) is 0 Å². The van der Waals surface area contributed by atoms with Crippen LogP contribution in [0, 0.1) is 6.92 Å². The summed E-state index contributed by atoms with van der Waals surface area (Å²) in [5.41, 5.74) is 4.80. The van der Waals surface area contributed by atoms with Crippen molar-refractivity contribution in [1.82, 2.24) is 10.7 Å². The molecule has 2 N–H and O–H groups in total. The molecule has 0 heterocycles. The van der Waals surface area contributed by atoms with Gasteiger partial charge in [-0.25, -0.2) is 10.2 Å². The molecular formula is C31H29N3O5. The predicted molar refractivity (Wildman–Crippen MR) is 150 cm³/mol. The van der Waals surface area contributed by atoms with Crippen LogP contribution in [0.3, 0.4) is 0 Å². The molecule has 0 aliphatic carbocycles. The Morgan fingerprint density at radius 3 is 2.33 bits per heavy atom. The molecule has 4 aromatic rings. The Morgan fingerprint density at radius 1 is 0.872 bits per heavy atom. The molecule has 4 rings (SSSR count). The largest absolute Gasteiger partial charge is 0.494 e. The number of nitrogens with one attached hydrogen (secondary N) is 2. The molecule has 0 atom stereocenters. The van der Waals surface area contributed by atoms with Crippen LogP contribution in [0.15, 0.2) is 90.0 Å². The minimum Gasteiger partial charge on any atom is -0.494 e. The fourth-order valence-electron chi connectivity index (χ4n) is 3.74. The van der Waals surface area contributed by atoms with E-state index >= 15 is 0 Å². The van der Waals surface area contributed by atoms with Gasteiger partial charge in [0.2, 0.25) is 0 Å². The van der Waals surface area contributed by atoms with Gasteiger partial charge in [-0.3, -0.25) is 9.59 Å². The Bertz CT molecular complexity index is 1500. The third-order valence-corrected chi connectivity index (χ3v) is 5.80. The zero-order chi connectivity index (χ0) is 27.6. The highest BCUT2D eigenvalue weighted by molar-refractivity contribution is 6.04. The second-order valence-corrected chi connectivity index (χ2v) is 8.80. The number of benzene rings is 4. The van der Waals surface area contributed by atoms with Crippen LogP contribution in [0.5, 0.6) is 11.5 Å². The summed E-state index contributed by atoms with van der Waals surface area (Å²) in [5.74, 6) is -0.428. The fourth-order valence-corrected chi connectivity index (χ4v) is 3.74. The molecule has 198 valence electrons. The van der Waals surface area contributed by atoms with Gasteiger partial charge in [0.15, 0.2) is 0 Å². The molecule has 0 aromatic heterocycles. The molecule has 39 heavy (non-hydrogen) atoms. The first-order chi connectivity index (χ1) is 18.9. The maximum Gasteiger partial charge on any atom is 0.343 e. The number of rotatable bonds is 10. The number of nitrogens with zero attached hydrogens (tertiary/aromatic N) is 1. The molecule has 8 heteroatoms. The van der Waals surface area contributed by atoms with E-state index in [4.69, 9.17) is 9.47 Å². The Balaban J connectivity index is 1.40. The quantitative estimate of drug-likeness (QED) is 0.131. The van der Waals surface area contributed by atoms with Crippen molar-refractivity contribution in [3.63, 3.8) is 0 Å². The van der Waals surface area contributed by atoms with E-state index in [0.29, 0.717) is 34.8 Å². The molecule has 0 aliphatic rings. The lowest BCUT2D eigenvalue weighted by Crippen LogP contribution is -2.34. The molecular weight excluding hydrogens is 494 g/mol. The van der Waals surface area contributed by atoms with E-state index in [1.54, 1.807) is 42.5 Å². The SMILES string of the molecule is CCCOc1ccc(C(=O)NCC(=O)NN=Cc2c(OC(=O)c3ccc(C)cc3)ccc3ccccc23)cc1. The van der Waals surface area contributed by atoms with Crippen LogP contribution in [-0.2, 0) is 4.79 Å². The average molecular weight is 524 g/mol. The Hall–Kier alpha value is -4.98. The van der Waals surface area contributed by atoms with Crippen LogP contribution in [0.1, 0.15) is 45.2 Å². The van der Waals surface area contributed by atoms with Gasteiger partial charge in [-0.05, 0) is 66.6 Å². The van der Waals surface area contributed by atoms with Gasteiger partial charge >= 0.3 is 5.97 Å². The van der Waals surface area contributed by atoms with Crippen molar-refractivity contribution in [3.05, 3.63) is 107 Å². The molecule has 2 amide bonds. The lowest BCUT2D eigenvalue weighted by molar-refractivity contribution is -0.120. The van der Waals surface area contributed by atoms with Crippen LogP contribution in [-0.4, -0.2) is 37.1 Å². The Kier molecular flexibility index (Phi) is 9.03. The van der Waals surface area contributed by atoms with Crippen molar-refractivity contribution in [3.8, 4) is 11.5 Å². The lowest BCUT2D eigenvalue weighted by Gasteiger charge is -2.11. The molecule has 0 fully saturated rings. The number of ether oxygens (including phenoxy) is 2. The Labute approximate surface area is 226 Å². The van der Waals surface area contributed by atoms with Crippen molar-refractivity contribution < 1.29 is 23.9 Å². The third kappa shape index (κ3) is 7.29. The van der Waals surface area contributed by atoms with E-state index in [2.05, 4.69) is 15.8 Å². The van der Waals surface area contributed by atoms with Crippen molar-refractivity contribution in [2.45, 2.75) is 20.3 Å². The number of hydrogen-bond donors (Lipinski definition) is 2.